The van der Waals surface area contributed by atoms with Gasteiger partial charge in [0.2, 0.25) is 0 Å². The van der Waals surface area contributed by atoms with Crippen molar-refractivity contribution in [2.24, 2.45) is 7.05 Å². The number of nitrogens with zero attached hydrogens (tertiary/aromatic N) is 2. The molecule has 7 nitrogen and oxygen atoms in total. The number of amides is 1. The maximum atomic E-state index is 12.0. The molecule has 1 amide bonds. The van der Waals surface area contributed by atoms with Gasteiger partial charge in [-0.1, -0.05) is 0 Å². The van der Waals surface area contributed by atoms with E-state index in [0.29, 0.717) is 11.4 Å². The molecular formula is C12H12N4O3. The maximum absolute atomic E-state index is 12.0. The fraction of sp³-hybridized carbons (Fsp3) is 0.0833. The Morgan fingerprint density at radius 1 is 1.26 bits per heavy atom. The van der Waals surface area contributed by atoms with Gasteiger partial charge in [0.15, 0.2) is 5.69 Å². The van der Waals surface area contributed by atoms with Gasteiger partial charge in [-0.05, 0) is 35.3 Å². The Morgan fingerprint density at radius 2 is 1.89 bits per heavy atom. The number of carbonyl (C=O) groups is 1. The highest BCUT2D eigenvalue weighted by Gasteiger charge is 2.20. The number of carbonyl (C=O) groups excluding carboxylic acids is 1. The van der Waals surface area contributed by atoms with E-state index in [2.05, 4.69) is 5.32 Å². The number of nitrogen functional groups attached to an aromatic ring is 1. The first-order chi connectivity index (χ1) is 8.99. The lowest BCUT2D eigenvalue weighted by atomic mass is 10.3. The van der Waals surface area contributed by atoms with E-state index in [-0.39, 0.29) is 11.5 Å². The van der Waals surface area contributed by atoms with Crippen LogP contribution in [0.15, 0.2) is 36.4 Å². The summed E-state index contributed by atoms with van der Waals surface area (Å²) in [4.78, 5) is 22.1. The van der Waals surface area contributed by atoms with Gasteiger partial charge in [-0.2, -0.15) is 0 Å². The number of benzene rings is 1. The van der Waals surface area contributed by atoms with Crippen LogP contribution in [-0.4, -0.2) is 15.4 Å². The largest absolute Gasteiger partial charge is 0.399 e. The van der Waals surface area contributed by atoms with Gasteiger partial charge in [-0.15, -0.1) is 0 Å². The number of aromatic nitrogens is 1. The molecule has 0 fully saturated rings. The highest BCUT2D eigenvalue weighted by atomic mass is 16.6. The maximum Gasteiger partial charge on any atom is 0.323 e. The van der Waals surface area contributed by atoms with Gasteiger partial charge in [0.25, 0.3) is 5.91 Å². The van der Waals surface area contributed by atoms with Crippen LogP contribution >= 0.6 is 0 Å². The van der Waals surface area contributed by atoms with Crippen LogP contribution in [0.2, 0.25) is 0 Å². The molecule has 0 spiro atoms. The third-order valence-corrected chi connectivity index (χ3v) is 2.68. The number of hydrogen-bond acceptors (Lipinski definition) is 4. The summed E-state index contributed by atoms with van der Waals surface area (Å²) >= 11 is 0. The Labute approximate surface area is 108 Å². The Hall–Kier alpha value is -2.83. The van der Waals surface area contributed by atoms with Gasteiger partial charge in [-0.3, -0.25) is 4.79 Å². The van der Waals surface area contributed by atoms with Crippen molar-refractivity contribution in [3.8, 4) is 0 Å². The van der Waals surface area contributed by atoms with Crippen molar-refractivity contribution in [2.75, 3.05) is 11.1 Å². The van der Waals surface area contributed by atoms with E-state index in [1.807, 2.05) is 0 Å². The molecule has 0 radical (unpaired) electrons. The predicted molar refractivity (Wildman–Crippen MR) is 70.9 cm³/mol. The van der Waals surface area contributed by atoms with E-state index < -0.39 is 10.8 Å². The van der Waals surface area contributed by atoms with Gasteiger partial charge >= 0.3 is 5.82 Å². The Kier molecular flexibility index (Phi) is 3.19. The molecule has 0 saturated carbocycles. The normalized spacial score (nSPS) is 10.2. The molecule has 98 valence electrons. The Morgan fingerprint density at radius 3 is 2.42 bits per heavy atom. The second-order valence-electron chi connectivity index (χ2n) is 3.97. The number of rotatable bonds is 3. The zero-order chi connectivity index (χ0) is 14.0. The number of nitro groups is 1. The highest BCUT2D eigenvalue weighted by molar-refractivity contribution is 6.03. The monoisotopic (exact) mass is 260 g/mol. The van der Waals surface area contributed by atoms with Gasteiger partial charge < -0.3 is 21.2 Å². The summed E-state index contributed by atoms with van der Waals surface area (Å²) in [5, 5.41) is 13.3. The molecule has 19 heavy (non-hydrogen) atoms. The fourth-order valence-electron chi connectivity index (χ4n) is 1.67. The number of nitrogens with one attached hydrogen (secondary N) is 1. The average molecular weight is 260 g/mol. The van der Waals surface area contributed by atoms with Crippen molar-refractivity contribution in [3.05, 3.63) is 52.2 Å². The topological polar surface area (TPSA) is 103 Å². The molecule has 0 atom stereocenters. The summed E-state index contributed by atoms with van der Waals surface area (Å²) in [6.45, 7) is 0. The van der Waals surface area contributed by atoms with E-state index >= 15 is 0 Å². The van der Waals surface area contributed by atoms with Crippen molar-refractivity contribution >= 4 is 23.1 Å². The van der Waals surface area contributed by atoms with Gasteiger partial charge in [0, 0.05) is 17.4 Å². The van der Waals surface area contributed by atoms with E-state index in [1.165, 1.54) is 23.7 Å². The van der Waals surface area contributed by atoms with E-state index in [1.54, 1.807) is 24.3 Å². The summed E-state index contributed by atoms with van der Waals surface area (Å²) in [6, 6.07) is 9.32. The van der Waals surface area contributed by atoms with Crippen molar-refractivity contribution in [1.82, 2.24) is 4.57 Å². The van der Waals surface area contributed by atoms with Crippen LogP contribution in [0, 0.1) is 10.1 Å². The lowest BCUT2D eigenvalue weighted by Gasteiger charge is -2.04. The molecule has 1 aromatic carbocycles. The van der Waals surface area contributed by atoms with Crippen LogP contribution < -0.4 is 11.1 Å². The molecule has 0 saturated heterocycles. The summed E-state index contributed by atoms with van der Waals surface area (Å²) in [5.74, 6) is -0.553. The van der Waals surface area contributed by atoms with Crippen LogP contribution in [0.25, 0.3) is 0 Å². The molecule has 2 aromatic rings. The third-order valence-electron chi connectivity index (χ3n) is 2.68. The molecule has 3 N–H and O–H groups in total. The highest BCUT2D eigenvalue weighted by Crippen LogP contribution is 2.17. The lowest BCUT2D eigenvalue weighted by molar-refractivity contribution is -0.391. The third kappa shape index (κ3) is 2.54. The van der Waals surface area contributed by atoms with Crippen molar-refractivity contribution < 1.29 is 9.72 Å². The van der Waals surface area contributed by atoms with Crippen LogP contribution in [-0.2, 0) is 7.05 Å². The van der Waals surface area contributed by atoms with E-state index in [4.69, 9.17) is 5.73 Å². The van der Waals surface area contributed by atoms with Crippen molar-refractivity contribution in [2.45, 2.75) is 0 Å². The molecule has 1 aromatic heterocycles. The van der Waals surface area contributed by atoms with Crippen LogP contribution in [0.5, 0.6) is 0 Å². The zero-order valence-electron chi connectivity index (χ0n) is 10.2. The molecule has 0 unspecified atom stereocenters. The second kappa shape index (κ2) is 4.81. The van der Waals surface area contributed by atoms with E-state index in [0.717, 1.165) is 0 Å². The molecule has 1 heterocycles. The fourth-order valence-corrected chi connectivity index (χ4v) is 1.67. The quantitative estimate of drug-likeness (QED) is 0.498. The lowest BCUT2D eigenvalue weighted by Crippen LogP contribution is -2.16. The van der Waals surface area contributed by atoms with Crippen molar-refractivity contribution in [1.29, 1.82) is 0 Å². The van der Waals surface area contributed by atoms with Crippen LogP contribution in [0.3, 0.4) is 0 Å². The number of nitrogens with two attached hydrogens (primary N) is 1. The molecule has 0 aliphatic carbocycles. The minimum absolute atomic E-state index is 0.137. The van der Waals surface area contributed by atoms with E-state index in [9.17, 15) is 14.9 Å². The van der Waals surface area contributed by atoms with Gasteiger partial charge in [0.1, 0.15) is 0 Å². The smallest absolute Gasteiger partial charge is 0.323 e. The standard InChI is InChI=1S/C12H12N4O3/c1-15-10(6-7-11(15)16(18)19)12(17)14-9-4-2-8(13)3-5-9/h2-7H,13H2,1H3,(H,14,17). The Bertz CT molecular complexity index is 631. The second-order valence-corrected chi connectivity index (χ2v) is 3.97. The summed E-state index contributed by atoms with van der Waals surface area (Å²) < 4.78 is 1.23. The zero-order valence-corrected chi connectivity index (χ0v) is 10.2. The summed E-state index contributed by atoms with van der Waals surface area (Å²) in [7, 11) is 1.47. The molecular weight excluding hydrogens is 248 g/mol. The SMILES string of the molecule is Cn1c(C(=O)Nc2ccc(N)cc2)ccc1[N+](=O)[O-]. The van der Waals surface area contributed by atoms with Crippen LogP contribution in [0.1, 0.15) is 10.5 Å². The molecule has 7 heteroatoms. The summed E-state index contributed by atoms with van der Waals surface area (Å²) in [6.07, 6.45) is 0. The minimum Gasteiger partial charge on any atom is -0.399 e. The first-order valence-electron chi connectivity index (χ1n) is 5.46. The van der Waals surface area contributed by atoms with Gasteiger partial charge in [0.05, 0.1) is 7.05 Å². The predicted octanol–water partition coefficient (Wildman–Crippen LogP) is 1.77. The number of hydrogen-bond donors (Lipinski definition) is 2. The Balaban J connectivity index is 2.21. The average Bonchev–Trinajstić information content (AvgIpc) is 2.74. The molecule has 2 rings (SSSR count). The van der Waals surface area contributed by atoms with Crippen molar-refractivity contribution in [3.63, 3.8) is 0 Å². The van der Waals surface area contributed by atoms with Crippen LogP contribution in [0.4, 0.5) is 17.2 Å². The molecule has 0 aliphatic rings. The minimum atomic E-state index is -0.542. The number of anilines is 2. The molecule has 0 aliphatic heterocycles. The first kappa shape index (κ1) is 12.6. The molecule has 0 bridgehead atoms. The summed E-state index contributed by atoms with van der Waals surface area (Å²) in [5.41, 5.74) is 6.91. The first-order valence-corrected chi connectivity index (χ1v) is 5.46. The van der Waals surface area contributed by atoms with Gasteiger partial charge in [-0.25, -0.2) is 4.57 Å².